The molecule has 0 spiro atoms. The van der Waals surface area contributed by atoms with Crippen molar-refractivity contribution >= 4 is 5.70 Å². The molecule has 3 nitrogen and oxygen atoms in total. The van der Waals surface area contributed by atoms with Gasteiger partial charge in [0, 0.05) is 25.4 Å². The first-order valence-electron chi connectivity index (χ1n) is 9.75. The van der Waals surface area contributed by atoms with E-state index >= 15 is 0 Å². The molecule has 2 aliphatic rings. The molecule has 3 rings (SSSR count). The molecule has 1 heterocycles. The smallest absolute Gasteiger partial charge is 0.120 e. The van der Waals surface area contributed by atoms with E-state index in [0.717, 1.165) is 23.3 Å². The summed E-state index contributed by atoms with van der Waals surface area (Å²) in [6.07, 6.45) is 7.06. The van der Waals surface area contributed by atoms with E-state index in [4.69, 9.17) is 4.74 Å². The van der Waals surface area contributed by atoms with Crippen LogP contribution in [0.1, 0.15) is 43.2 Å². The van der Waals surface area contributed by atoms with Gasteiger partial charge in [-0.25, -0.2) is 0 Å². The molecule has 138 valence electrons. The van der Waals surface area contributed by atoms with E-state index in [9.17, 15) is 0 Å². The Bertz CT molecular complexity index is 596. The van der Waals surface area contributed by atoms with Crippen LogP contribution in [0.2, 0.25) is 0 Å². The van der Waals surface area contributed by atoms with Crippen LogP contribution in [0.25, 0.3) is 5.70 Å². The number of benzene rings is 1. The summed E-state index contributed by atoms with van der Waals surface area (Å²) < 4.78 is 6.21. The van der Waals surface area contributed by atoms with Crippen molar-refractivity contribution in [3.8, 4) is 5.75 Å². The van der Waals surface area contributed by atoms with Crippen molar-refractivity contribution in [1.29, 1.82) is 0 Å². The highest BCUT2D eigenvalue weighted by Gasteiger charge is 2.33. The van der Waals surface area contributed by atoms with E-state index in [2.05, 4.69) is 48.5 Å². The zero-order valence-electron chi connectivity index (χ0n) is 16.4. The lowest BCUT2D eigenvalue weighted by Crippen LogP contribution is -2.37. The summed E-state index contributed by atoms with van der Waals surface area (Å²) in [5.41, 5.74) is 3.48. The summed E-state index contributed by atoms with van der Waals surface area (Å²) in [7, 11) is 6.31. The van der Waals surface area contributed by atoms with Crippen LogP contribution < -0.4 is 4.74 Å². The molecule has 1 aromatic carbocycles. The Morgan fingerprint density at radius 2 is 1.88 bits per heavy atom. The highest BCUT2D eigenvalue weighted by molar-refractivity contribution is 5.65. The minimum absolute atomic E-state index is 0.415. The minimum Gasteiger partial charge on any atom is -0.490 e. The van der Waals surface area contributed by atoms with E-state index < -0.39 is 0 Å². The molecular formula is C22H34N2O. The van der Waals surface area contributed by atoms with Crippen molar-refractivity contribution < 1.29 is 4.74 Å². The van der Waals surface area contributed by atoms with Gasteiger partial charge in [-0.2, -0.15) is 0 Å². The molecule has 1 saturated heterocycles. The van der Waals surface area contributed by atoms with E-state index in [-0.39, 0.29) is 0 Å². The summed E-state index contributed by atoms with van der Waals surface area (Å²) >= 11 is 0. The summed E-state index contributed by atoms with van der Waals surface area (Å²) in [4.78, 5) is 4.52. The summed E-state index contributed by atoms with van der Waals surface area (Å²) in [6, 6.07) is 6.40. The standard InChI is InChI=1S/C22H34N2O/c1-16-12-20(6-7-22(16)17(2)23(3)4)25-21-14-19(15-21)13-18-8-10-24(5)11-9-18/h6-7,12,18-19,21H,2,8-11,13-15H2,1,3-5H3. The second-order valence-electron chi connectivity index (χ2n) is 8.38. The molecule has 0 amide bonds. The van der Waals surface area contributed by atoms with Crippen molar-refractivity contribution in [2.24, 2.45) is 11.8 Å². The number of ether oxygens (including phenoxy) is 1. The van der Waals surface area contributed by atoms with Crippen LogP contribution in [0, 0.1) is 18.8 Å². The Labute approximate surface area is 153 Å². The van der Waals surface area contributed by atoms with Crippen LogP contribution in [0.4, 0.5) is 0 Å². The second-order valence-corrected chi connectivity index (χ2v) is 8.38. The van der Waals surface area contributed by atoms with Crippen LogP contribution in [0.5, 0.6) is 5.75 Å². The van der Waals surface area contributed by atoms with E-state index in [1.807, 2.05) is 14.1 Å². The largest absolute Gasteiger partial charge is 0.490 e. The van der Waals surface area contributed by atoms with Gasteiger partial charge in [0.25, 0.3) is 0 Å². The van der Waals surface area contributed by atoms with Crippen molar-refractivity contribution in [2.45, 2.75) is 45.1 Å². The van der Waals surface area contributed by atoms with Crippen molar-refractivity contribution in [3.63, 3.8) is 0 Å². The molecule has 0 aromatic heterocycles. The average Bonchev–Trinajstić information content (AvgIpc) is 2.54. The highest BCUT2D eigenvalue weighted by atomic mass is 16.5. The van der Waals surface area contributed by atoms with Crippen LogP contribution in [-0.2, 0) is 0 Å². The van der Waals surface area contributed by atoms with Gasteiger partial charge in [0.05, 0.1) is 6.10 Å². The number of hydrogen-bond donors (Lipinski definition) is 0. The summed E-state index contributed by atoms with van der Waals surface area (Å²) in [6.45, 7) is 8.85. The molecule has 1 aliphatic carbocycles. The van der Waals surface area contributed by atoms with Crippen LogP contribution in [0.3, 0.4) is 0 Å². The van der Waals surface area contributed by atoms with Gasteiger partial charge in [-0.15, -0.1) is 0 Å². The van der Waals surface area contributed by atoms with E-state index in [1.165, 1.54) is 56.3 Å². The number of nitrogens with zero attached hydrogens (tertiary/aromatic N) is 2. The molecule has 0 unspecified atom stereocenters. The molecule has 0 radical (unpaired) electrons. The molecule has 0 atom stereocenters. The highest BCUT2D eigenvalue weighted by Crippen LogP contribution is 2.38. The Morgan fingerprint density at radius 3 is 2.48 bits per heavy atom. The lowest BCUT2D eigenvalue weighted by molar-refractivity contribution is 0.0450. The number of piperidine rings is 1. The monoisotopic (exact) mass is 342 g/mol. The number of hydrogen-bond acceptors (Lipinski definition) is 3. The molecule has 3 heteroatoms. The molecule has 1 aromatic rings. The Hall–Kier alpha value is -1.48. The van der Waals surface area contributed by atoms with Gasteiger partial charge >= 0.3 is 0 Å². The van der Waals surface area contributed by atoms with Gasteiger partial charge < -0.3 is 14.5 Å². The lowest BCUT2D eigenvalue weighted by atomic mass is 9.74. The molecule has 0 N–H and O–H groups in total. The molecule has 2 fully saturated rings. The first-order valence-corrected chi connectivity index (χ1v) is 9.75. The van der Waals surface area contributed by atoms with Crippen LogP contribution in [-0.4, -0.2) is 50.1 Å². The molecule has 1 saturated carbocycles. The fourth-order valence-corrected chi connectivity index (χ4v) is 4.20. The Balaban J connectivity index is 1.45. The zero-order valence-corrected chi connectivity index (χ0v) is 16.4. The quantitative estimate of drug-likeness (QED) is 0.761. The van der Waals surface area contributed by atoms with Crippen LogP contribution in [0.15, 0.2) is 24.8 Å². The van der Waals surface area contributed by atoms with Crippen molar-refractivity contribution in [1.82, 2.24) is 9.80 Å². The third kappa shape index (κ3) is 4.58. The van der Waals surface area contributed by atoms with Gasteiger partial charge in [0.1, 0.15) is 5.75 Å². The summed E-state index contributed by atoms with van der Waals surface area (Å²) in [5.74, 6) is 2.84. The number of likely N-dealkylation sites (tertiary alicyclic amines) is 1. The van der Waals surface area contributed by atoms with Gasteiger partial charge in [-0.05, 0) is 94.8 Å². The first kappa shape index (κ1) is 18.3. The van der Waals surface area contributed by atoms with Gasteiger partial charge in [0.2, 0.25) is 0 Å². The maximum Gasteiger partial charge on any atom is 0.120 e. The second kappa shape index (κ2) is 7.82. The normalized spacial score (nSPS) is 24.6. The number of aryl methyl sites for hydroxylation is 1. The topological polar surface area (TPSA) is 15.7 Å². The third-order valence-corrected chi connectivity index (χ3v) is 6.05. The SMILES string of the molecule is C=C(c1ccc(OC2CC(CC3CCN(C)CC3)C2)cc1C)N(C)C. The average molecular weight is 343 g/mol. The molecule has 0 bridgehead atoms. The van der Waals surface area contributed by atoms with Crippen molar-refractivity contribution in [3.05, 3.63) is 35.9 Å². The molecular weight excluding hydrogens is 308 g/mol. The lowest BCUT2D eigenvalue weighted by Gasteiger charge is -2.39. The summed E-state index contributed by atoms with van der Waals surface area (Å²) in [5, 5.41) is 0. The zero-order chi connectivity index (χ0) is 18.0. The minimum atomic E-state index is 0.415. The predicted molar refractivity (Wildman–Crippen MR) is 106 cm³/mol. The number of rotatable bonds is 6. The van der Waals surface area contributed by atoms with Gasteiger partial charge in [-0.1, -0.05) is 6.58 Å². The Kier molecular flexibility index (Phi) is 5.73. The maximum absolute atomic E-state index is 6.21. The van der Waals surface area contributed by atoms with E-state index in [0.29, 0.717) is 6.10 Å². The fourth-order valence-electron chi connectivity index (χ4n) is 4.20. The first-order chi connectivity index (χ1) is 11.9. The van der Waals surface area contributed by atoms with E-state index in [1.54, 1.807) is 0 Å². The van der Waals surface area contributed by atoms with Crippen molar-refractivity contribution in [2.75, 3.05) is 34.2 Å². The van der Waals surface area contributed by atoms with Crippen LogP contribution >= 0.6 is 0 Å². The maximum atomic E-state index is 6.21. The fraction of sp³-hybridized carbons (Fsp3) is 0.636. The molecule has 1 aliphatic heterocycles. The molecule has 25 heavy (non-hydrogen) atoms. The van der Waals surface area contributed by atoms with Gasteiger partial charge in [-0.3, -0.25) is 0 Å². The van der Waals surface area contributed by atoms with Gasteiger partial charge in [0.15, 0.2) is 0 Å². The third-order valence-electron chi connectivity index (χ3n) is 6.05. The predicted octanol–water partition coefficient (Wildman–Crippen LogP) is 4.42. The Morgan fingerprint density at radius 1 is 1.20 bits per heavy atom.